The van der Waals surface area contributed by atoms with Gasteiger partial charge in [-0.05, 0) is 35.0 Å². The molecule has 0 radical (unpaired) electrons. The molecule has 3 nitrogen and oxygen atoms in total. The molecule has 0 fully saturated rings. The second-order valence-electron chi connectivity index (χ2n) is 3.04. The molecule has 0 aliphatic rings. The van der Waals surface area contributed by atoms with Gasteiger partial charge in [-0.1, -0.05) is 0 Å². The number of Topliss-reactive ketones (excluding diaryl/α,β-unsaturated/α-hetero) is 1. The van der Waals surface area contributed by atoms with E-state index in [1.807, 2.05) is 0 Å². The predicted molar refractivity (Wildman–Crippen MR) is 55.5 cm³/mol. The summed E-state index contributed by atoms with van der Waals surface area (Å²) in [4.78, 5) is 11.2. The highest BCUT2D eigenvalue weighted by atomic mass is 79.9. The molecule has 1 aromatic rings. The van der Waals surface area contributed by atoms with Gasteiger partial charge in [0.15, 0.2) is 5.78 Å². The second kappa shape index (κ2) is 4.75. The molecule has 0 aliphatic carbocycles. The van der Waals surface area contributed by atoms with Gasteiger partial charge in [0, 0.05) is 5.56 Å². The fourth-order valence-corrected chi connectivity index (χ4v) is 1.56. The van der Waals surface area contributed by atoms with Crippen molar-refractivity contribution in [1.29, 1.82) is 5.26 Å². The van der Waals surface area contributed by atoms with Crippen LogP contribution in [0.3, 0.4) is 0 Å². The van der Waals surface area contributed by atoms with Crippen molar-refractivity contribution < 1.29 is 22.7 Å². The van der Waals surface area contributed by atoms with Gasteiger partial charge >= 0.3 is 6.36 Å². The zero-order valence-corrected chi connectivity index (χ0v) is 10.0. The van der Waals surface area contributed by atoms with Gasteiger partial charge in [-0.15, -0.1) is 13.2 Å². The maximum atomic E-state index is 12.0. The molecule has 0 aliphatic heterocycles. The van der Waals surface area contributed by atoms with E-state index in [0.717, 1.165) is 19.1 Å². The molecule has 0 saturated heterocycles. The van der Waals surface area contributed by atoms with Crippen molar-refractivity contribution in [3.8, 4) is 11.8 Å². The largest absolute Gasteiger partial charge is 0.573 e. The molecule has 0 bridgehead atoms. The molecule has 7 heteroatoms. The number of ketones is 1. The van der Waals surface area contributed by atoms with E-state index in [9.17, 15) is 18.0 Å². The fraction of sp³-hybridized carbons (Fsp3) is 0.200. The van der Waals surface area contributed by atoms with Gasteiger partial charge in [0.25, 0.3) is 0 Å². The number of benzene rings is 1. The highest BCUT2D eigenvalue weighted by Crippen LogP contribution is 2.33. The fourth-order valence-electron chi connectivity index (χ4n) is 1.14. The van der Waals surface area contributed by atoms with Gasteiger partial charge in [0.1, 0.15) is 5.75 Å². The first-order valence-corrected chi connectivity index (χ1v) is 5.04. The van der Waals surface area contributed by atoms with E-state index in [1.54, 1.807) is 6.07 Å². The summed E-state index contributed by atoms with van der Waals surface area (Å²) in [6.07, 6.45) is -4.86. The number of carbonyl (C=O) groups is 1. The van der Waals surface area contributed by atoms with Crippen LogP contribution in [0.1, 0.15) is 22.8 Å². The molecule has 0 heterocycles. The number of halogens is 4. The second-order valence-corrected chi connectivity index (χ2v) is 3.90. The lowest BCUT2D eigenvalue weighted by atomic mass is 10.1. The smallest absolute Gasteiger partial charge is 0.405 e. The maximum Gasteiger partial charge on any atom is 0.573 e. The van der Waals surface area contributed by atoms with Crippen LogP contribution in [0.25, 0.3) is 0 Å². The number of nitriles is 1. The van der Waals surface area contributed by atoms with Crippen molar-refractivity contribution >= 4 is 21.7 Å². The van der Waals surface area contributed by atoms with Crippen LogP contribution in [-0.2, 0) is 0 Å². The monoisotopic (exact) mass is 307 g/mol. The highest BCUT2D eigenvalue weighted by molar-refractivity contribution is 9.10. The summed E-state index contributed by atoms with van der Waals surface area (Å²) in [6, 6.07) is 3.72. The van der Waals surface area contributed by atoms with Crippen LogP contribution in [0, 0.1) is 11.3 Å². The van der Waals surface area contributed by atoms with E-state index >= 15 is 0 Å². The lowest BCUT2D eigenvalue weighted by Crippen LogP contribution is -2.18. The summed E-state index contributed by atoms with van der Waals surface area (Å²) in [7, 11) is 0. The number of hydrogen-bond donors (Lipinski definition) is 0. The Hall–Kier alpha value is -1.55. The zero-order chi connectivity index (χ0) is 13.2. The molecule has 0 N–H and O–H groups in total. The molecule has 0 unspecified atom stereocenters. The van der Waals surface area contributed by atoms with Crippen molar-refractivity contribution in [2.24, 2.45) is 0 Å². The predicted octanol–water partition coefficient (Wildman–Crippen LogP) is 3.42. The van der Waals surface area contributed by atoms with Gasteiger partial charge in [0.2, 0.25) is 0 Å². The lowest BCUT2D eigenvalue weighted by molar-refractivity contribution is -0.274. The SMILES string of the molecule is CC(=O)c1cc(OC(F)(F)F)c(Br)cc1C#N. The molecule has 0 amide bonds. The van der Waals surface area contributed by atoms with E-state index in [0.29, 0.717) is 0 Å². The Labute approximate surface area is 103 Å². The first-order valence-electron chi connectivity index (χ1n) is 4.25. The number of hydrogen-bond acceptors (Lipinski definition) is 3. The summed E-state index contributed by atoms with van der Waals surface area (Å²) in [6.45, 7) is 1.15. The molecular weight excluding hydrogens is 303 g/mol. The number of rotatable bonds is 2. The van der Waals surface area contributed by atoms with Crippen LogP contribution >= 0.6 is 15.9 Å². The van der Waals surface area contributed by atoms with Crippen LogP contribution < -0.4 is 4.74 Å². The number of carbonyl (C=O) groups excluding carboxylic acids is 1. The molecule has 0 spiro atoms. The average Bonchev–Trinajstić information content (AvgIpc) is 2.18. The number of alkyl halides is 3. The van der Waals surface area contributed by atoms with Crippen LogP contribution in [0.4, 0.5) is 13.2 Å². The van der Waals surface area contributed by atoms with Crippen LogP contribution in [-0.4, -0.2) is 12.1 Å². The summed E-state index contributed by atoms with van der Waals surface area (Å²) < 4.78 is 39.8. The van der Waals surface area contributed by atoms with Crippen molar-refractivity contribution in [3.05, 3.63) is 27.7 Å². The normalized spacial score (nSPS) is 10.8. The topological polar surface area (TPSA) is 50.1 Å². The third-order valence-corrected chi connectivity index (χ3v) is 2.42. The Morgan fingerprint density at radius 3 is 2.47 bits per heavy atom. The molecule has 0 saturated carbocycles. The van der Waals surface area contributed by atoms with E-state index in [1.165, 1.54) is 0 Å². The Bertz CT molecular complexity index is 505. The van der Waals surface area contributed by atoms with Gasteiger partial charge in [-0.3, -0.25) is 4.79 Å². The molecule has 0 aromatic heterocycles. The van der Waals surface area contributed by atoms with Crippen molar-refractivity contribution in [1.82, 2.24) is 0 Å². The van der Waals surface area contributed by atoms with Crippen LogP contribution in [0.15, 0.2) is 16.6 Å². The Balaban J connectivity index is 3.31. The van der Waals surface area contributed by atoms with Crippen molar-refractivity contribution in [2.75, 3.05) is 0 Å². The van der Waals surface area contributed by atoms with E-state index in [2.05, 4.69) is 20.7 Å². The first-order chi connectivity index (χ1) is 7.74. The summed E-state index contributed by atoms with van der Waals surface area (Å²) in [5.41, 5.74) is -0.131. The maximum absolute atomic E-state index is 12.0. The quantitative estimate of drug-likeness (QED) is 0.787. The Kier molecular flexibility index (Phi) is 3.78. The molecular formula is C10H5BrF3NO2. The minimum atomic E-state index is -4.86. The summed E-state index contributed by atoms with van der Waals surface area (Å²) >= 11 is 2.84. The van der Waals surface area contributed by atoms with Crippen LogP contribution in [0.2, 0.25) is 0 Å². The molecule has 17 heavy (non-hydrogen) atoms. The standard InChI is InChI=1S/C10H5BrF3NO2/c1-5(16)7-3-9(17-10(12,13)14)8(11)2-6(7)4-15/h2-3H,1H3. The highest BCUT2D eigenvalue weighted by Gasteiger charge is 2.32. The van der Waals surface area contributed by atoms with Crippen molar-refractivity contribution in [2.45, 2.75) is 13.3 Å². The average molecular weight is 308 g/mol. The summed E-state index contributed by atoms with van der Waals surface area (Å²) in [5, 5.41) is 8.73. The Morgan fingerprint density at radius 1 is 1.47 bits per heavy atom. The third-order valence-electron chi connectivity index (χ3n) is 1.80. The van der Waals surface area contributed by atoms with Gasteiger partial charge < -0.3 is 4.74 Å². The van der Waals surface area contributed by atoms with Gasteiger partial charge in [0.05, 0.1) is 16.1 Å². The lowest BCUT2D eigenvalue weighted by Gasteiger charge is -2.12. The first kappa shape index (κ1) is 13.5. The Morgan fingerprint density at radius 2 is 2.06 bits per heavy atom. The molecule has 0 atom stereocenters. The molecule has 1 aromatic carbocycles. The molecule has 90 valence electrons. The minimum Gasteiger partial charge on any atom is -0.405 e. The van der Waals surface area contributed by atoms with E-state index in [-0.39, 0.29) is 15.6 Å². The summed E-state index contributed by atoms with van der Waals surface area (Å²) in [5.74, 6) is -1.07. The van der Waals surface area contributed by atoms with Gasteiger partial charge in [-0.2, -0.15) is 5.26 Å². The van der Waals surface area contributed by atoms with E-state index < -0.39 is 17.9 Å². The molecule has 1 rings (SSSR count). The van der Waals surface area contributed by atoms with Crippen molar-refractivity contribution in [3.63, 3.8) is 0 Å². The number of ether oxygens (including phenoxy) is 1. The minimum absolute atomic E-state index is 0.0149. The van der Waals surface area contributed by atoms with Crippen LogP contribution in [0.5, 0.6) is 5.75 Å². The van der Waals surface area contributed by atoms with E-state index in [4.69, 9.17) is 5.26 Å². The zero-order valence-electron chi connectivity index (χ0n) is 8.43. The third kappa shape index (κ3) is 3.46. The van der Waals surface area contributed by atoms with Gasteiger partial charge in [-0.25, -0.2) is 0 Å². The number of nitrogens with zero attached hydrogens (tertiary/aromatic N) is 1.